The van der Waals surface area contributed by atoms with E-state index in [0.717, 1.165) is 11.1 Å². The summed E-state index contributed by atoms with van der Waals surface area (Å²) in [6, 6.07) is 18.8. The van der Waals surface area contributed by atoms with Gasteiger partial charge in [0.2, 0.25) is 10.0 Å². The lowest BCUT2D eigenvalue weighted by Gasteiger charge is -2.28. The number of hydrogen-bond acceptors (Lipinski definition) is 4. The molecule has 1 heterocycles. The number of rotatable bonds is 6. The Hall–Kier alpha value is -2.58. The fourth-order valence-electron chi connectivity index (χ4n) is 3.49. The molecule has 0 saturated carbocycles. The standard InChI is InChI=1S/C23H20Cl2N2O4S/c24-18-6-3-7-19(12-18)26-23(28)15-31-22-9-8-20(13-21(22)25)32(29,30)27-11-10-16-4-1-2-5-17(16)14-27/h1-9,12-13H,10-11,14-15H2,(H,26,28). The van der Waals surface area contributed by atoms with Crippen molar-refractivity contribution in [3.63, 3.8) is 0 Å². The number of benzene rings is 3. The summed E-state index contributed by atoms with van der Waals surface area (Å²) >= 11 is 12.2. The molecule has 1 aliphatic heterocycles. The molecule has 0 aromatic heterocycles. The Morgan fingerprint density at radius 1 is 1.00 bits per heavy atom. The minimum Gasteiger partial charge on any atom is -0.482 e. The quantitative estimate of drug-likeness (QED) is 0.540. The van der Waals surface area contributed by atoms with Crippen molar-refractivity contribution in [2.45, 2.75) is 17.9 Å². The Morgan fingerprint density at radius 3 is 2.53 bits per heavy atom. The van der Waals surface area contributed by atoms with Crippen LogP contribution in [0.4, 0.5) is 5.69 Å². The normalized spacial score (nSPS) is 13.9. The molecular formula is C23H20Cl2N2O4S. The number of hydrogen-bond donors (Lipinski definition) is 1. The zero-order chi connectivity index (χ0) is 22.7. The van der Waals surface area contributed by atoms with Crippen LogP contribution in [0, 0.1) is 0 Å². The third-order valence-electron chi connectivity index (χ3n) is 5.10. The zero-order valence-electron chi connectivity index (χ0n) is 16.9. The second-order valence-corrected chi connectivity index (χ2v) is 10.1. The van der Waals surface area contributed by atoms with Crippen LogP contribution in [0.2, 0.25) is 10.0 Å². The highest BCUT2D eigenvalue weighted by molar-refractivity contribution is 7.89. The van der Waals surface area contributed by atoms with Crippen LogP contribution in [-0.2, 0) is 27.8 Å². The first kappa shape index (κ1) is 22.6. The molecule has 0 unspecified atom stereocenters. The number of anilines is 1. The molecule has 0 bridgehead atoms. The van der Waals surface area contributed by atoms with E-state index in [0.29, 0.717) is 30.2 Å². The van der Waals surface area contributed by atoms with Gasteiger partial charge >= 0.3 is 0 Å². The zero-order valence-corrected chi connectivity index (χ0v) is 19.3. The van der Waals surface area contributed by atoms with Gasteiger partial charge in [0.25, 0.3) is 5.91 Å². The number of nitrogens with one attached hydrogen (secondary N) is 1. The molecule has 6 nitrogen and oxygen atoms in total. The summed E-state index contributed by atoms with van der Waals surface area (Å²) in [5, 5.41) is 3.28. The third-order valence-corrected chi connectivity index (χ3v) is 7.48. The molecule has 0 spiro atoms. The van der Waals surface area contributed by atoms with Gasteiger partial charge in [-0.05, 0) is 53.9 Å². The van der Waals surface area contributed by atoms with Gasteiger partial charge in [0.05, 0.1) is 9.92 Å². The molecule has 166 valence electrons. The molecule has 0 saturated heterocycles. The van der Waals surface area contributed by atoms with Crippen LogP contribution < -0.4 is 10.1 Å². The van der Waals surface area contributed by atoms with E-state index in [1.165, 1.54) is 22.5 Å². The van der Waals surface area contributed by atoms with Crippen LogP contribution in [0.25, 0.3) is 0 Å². The second-order valence-electron chi connectivity index (χ2n) is 7.30. The lowest BCUT2D eigenvalue weighted by molar-refractivity contribution is -0.118. The van der Waals surface area contributed by atoms with Gasteiger partial charge in [-0.25, -0.2) is 8.42 Å². The Balaban J connectivity index is 1.42. The average Bonchev–Trinajstić information content (AvgIpc) is 2.78. The van der Waals surface area contributed by atoms with E-state index in [1.807, 2.05) is 24.3 Å². The molecule has 1 amide bonds. The Kier molecular flexibility index (Phi) is 6.71. The monoisotopic (exact) mass is 490 g/mol. The van der Waals surface area contributed by atoms with Crippen molar-refractivity contribution in [1.29, 1.82) is 0 Å². The fourth-order valence-corrected chi connectivity index (χ4v) is 5.43. The van der Waals surface area contributed by atoms with Gasteiger partial charge in [0.15, 0.2) is 6.61 Å². The minimum absolute atomic E-state index is 0.0811. The molecule has 3 aromatic rings. The molecular weight excluding hydrogens is 471 g/mol. The SMILES string of the molecule is O=C(COc1ccc(S(=O)(=O)N2CCc3ccccc3C2)cc1Cl)Nc1cccc(Cl)c1. The van der Waals surface area contributed by atoms with Crippen LogP contribution in [0.15, 0.2) is 71.6 Å². The Morgan fingerprint density at radius 2 is 1.78 bits per heavy atom. The summed E-state index contributed by atoms with van der Waals surface area (Å²) in [5.41, 5.74) is 2.71. The number of nitrogens with zero attached hydrogens (tertiary/aromatic N) is 1. The highest BCUT2D eigenvalue weighted by Gasteiger charge is 2.28. The first-order valence-corrected chi connectivity index (χ1v) is 12.1. The van der Waals surface area contributed by atoms with Crippen molar-refractivity contribution >= 4 is 44.8 Å². The van der Waals surface area contributed by atoms with E-state index < -0.39 is 15.9 Å². The number of ether oxygens (including phenoxy) is 1. The molecule has 0 aliphatic carbocycles. The van der Waals surface area contributed by atoms with Crippen molar-refractivity contribution in [3.8, 4) is 5.75 Å². The summed E-state index contributed by atoms with van der Waals surface area (Å²) in [6.45, 7) is 0.429. The number of carbonyl (C=O) groups is 1. The molecule has 32 heavy (non-hydrogen) atoms. The van der Waals surface area contributed by atoms with Gasteiger partial charge in [-0.3, -0.25) is 4.79 Å². The van der Waals surface area contributed by atoms with Crippen LogP contribution in [0.1, 0.15) is 11.1 Å². The highest BCUT2D eigenvalue weighted by Crippen LogP contribution is 2.31. The van der Waals surface area contributed by atoms with Crippen LogP contribution in [0.3, 0.4) is 0 Å². The summed E-state index contributed by atoms with van der Waals surface area (Å²) in [6.07, 6.45) is 0.659. The van der Waals surface area contributed by atoms with Gasteiger partial charge in [0, 0.05) is 23.8 Å². The van der Waals surface area contributed by atoms with Gasteiger partial charge < -0.3 is 10.1 Å². The maximum atomic E-state index is 13.1. The number of halogens is 2. The molecule has 0 fully saturated rings. The van der Waals surface area contributed by atoms with Crippen molar-refractivity contribution in [3.05, 3.63) is 87.9 Å². The van der Waals surface area contributed by atoms with E-state index in [4.69, 9.17) is 27.9 Å². The van der Waals surface area contributed by atoms with Crippen LogP contribution in [-0.4, -0.2) is 31.8 Å². The van der Waals surface area contributed by atoms with Gasteiger partial charge in [0.1, 0.15) is 5.75 Å². The first-order chi connectivity index (χ1) is 15.3. The smallest absolute Gasteiger partial charge is 0.262 e. The molecule has 0 radical (unpaired) electrons. The second kappa shape index (κ2) is 9.50. The van der Waals surface area contributed by atoms with Crippen LogP contribution >= 0.6 is 23.2 Å². The number of fused-ring (bicyclic) bond motifs is 1. The minimum atomic E-state index is -3.72. The maximum Gasteiger partial charge on any atom is 0.262 e. The first-order valence-electron chi connectivity index (χ1n) is 9.87. The van der Waals surface area contributed by atoms with E-state index in [1.54, 1.807) is 24.3 Å². The van der Waals surface area contributed by atoms with Gasteiger partial charge in [-0.15, -0.1) is 0 Å². The maximum absolute atomic E-state index is 13.1. The Bertz CT molecular complexity index is 1260. The van der Waals surface area contributed by atoms with E-state index in [9.17, 15) is 13.2 Å². The van der Waals surface area contributed by atoms with Crippen molar-refractivity contribution in [2.75, 3.05) is 18.5 Å². The lowest BCUT2D eigenvalue weighted by atomic mass is 10.0. The van der Waals surface area contributed by atoms with E-state index in [-0.39, 0.29) is 22.3 Å². The number of carbonyl (C=O) groups excluding carboxylic acids is 1. The summed E-state index contributed by atoms with van der Waals surface area (Å²) < 4.78 is 33.1. The number of sulfonamides is 1. The number of amides is 1. The average molecular weight is 491 g/mol. The topological polar surface area (TPSA) is 75.7 Å². The Labute approximate surface area is 196 Å². The summed E-state index contributed by atoms with van der Waals surface area (Å²) in [7, 11) is -3.72. The fraction of sp³-hybridized carbons (Fsp3) is 0.174. The molecule has 1 N–H and O–H groups in total. The van der Waals surface area contributed by atoms with Crippen molar-refractivity contribution in [1.82, 2.24) is 4.31 Å². The molecule has 9 heteroatoms. The van der Waals surface area contributed by atoms with E-state index >= 15 is 0 Å². The predicted molar refractivity (Wildman–Crippen MR) is 125 cm³/mol. The van der Waals surface area contributed by atoms with Gasteiger partial charge in [-0.1, -0.05) is 53.5 Å². The van der Waals surface area contributed by atoms with Gasteiger partial charge in [-0.2, -0.15) is 4.31 Å². The third kappa shape index (κ3) is 5.07. The predicted octanol–water partition coefficient (Wildman–Crippen LogP) is 4.76. The largest absolute Gasteiger partial charge is 0.482 e. The van der Waals surface area contributed by atoms with Crippen LogP contribution in [0.5, 0.6) is 5.75 Å². The van der Waals surface area contributed by atoms with Crippen molar-refractivity contribution in [2.24, 2.45) is 0 Å². The molecule has 1 aliphatic rings. The molecule has 0 atom stereocenters. The molecule has 4 rings (SSSR count). The summed E-state index contributed by atoms with van der Waals surface area (Å²) in [4.78, 5) is 12.2. The lowest BCUT2D eigenvalue weighted by Crippen LogP contribution is -2.35. The van der Waals surface area contributed by atoms with E-state index in [2.05, 4.69) is 5.32 Å². The van der Waals surface area contributed by atoms with Crippen molar-refractivity contribution < 1.29 is 17.9 Å². The highest BCUT2D eigenvalue weighted by atomic mass is 35.5. The summed E-state index contributed by atoms with van der Waals surface area (Å²) in [5.74, 6) is -0.178. The molecule has 3 aromatic carbocycles.